The van der Waals surface area contributed by atoms with E-state index in [1.165, 1.54) is 11.1 Å². The largest absolute Gasteiger partial charge is 0.486 e. The Kier molecular flexibility index (Phi) is 5.43. The van der Waals surface area contributed by atoms with Crippen LogP contribution in [0.15, 0.2) is 42.7 Å². The number of rotatable bonds is 6. The zero-order valence-electron chi connectivity index (χ0n) is 17.2. The van der Waals surface area contributed by atoms with Crippen LogP contribution in [-0.2, 0) is 11.3 Å². The molecular formula is C23H27N3O3. The maximum absolute atomic E-state index is 12.6. The Labute approximate surface area is 171 Å². The predicted molar refractivity (Wildman–Crippen MR) is 112 cm³/mol. The molecule has 0 spiro atoms. The van der Waals surface area contributed by atoms with Crippen LogP contribution in [0.1, 0.15) is 24.0 Å². The summed E-state index contributed by atoms with van der Waals surface area (Å²) in [4.78, 5) is 18.8. The van der Waals surface area contributed by atoms with Crippen LogP contribution in [0.25, 0.3) is 11.0 Å². The van der Waals surface area contributed by atoms with Crippen molar-refractivity contribution in [3.63, 3.8) is 0 Å². The van der Waals surface area contributed by atoms with Crippen molar-refractivity contribution in [3.8, 4) is 11.5 Å². The Hall–Kier alpha value is -3.02. The van der Waals surface area contributed by atoms with Gasteiger partial charge in [0.05, 0.1) is 23.9 Å². The SMILES string of the molecule is Cc1cc2ncn(CCCC(=O)N(C)C[C@@H]3COc4ccccc4O3)c2cc1C. The minimum atomic E-state index is -0.150. The van der Waals surface area contributed by atoms with Crippen LogP contribution in [-0.4, -0.2) is 46.7 Å². The minimum Gasteiger partial charge on any atom is -0.486 e. The van der Waals surface area contributed by atoms with Gasteiger partial charge in [-0.05, 0) is 55.7 Å². The van der Waals surface area contributed by atoms with E-state index in [1.807, 2.05) is 37.6 Å². The molecule has 0 unspecified atom stereocenters. The van der Waals surface area contributed by atoms with E-state index in [4.69, 9.17) is 9.47 Å². The Morgan fingerprint density at radius 3 is 2.79 bits per heavy atom. The quantitative estimate of drug-likeness (QED) is 0.640. The van der Waals surface area contributed by atoms with Crippen molar-refractivity contribution in [2.24, 2.45) is 0 Å². The maximum atomic E-state index is 12.6. The molecule has 3 aromatic rings. The number of carbonyl (C=O) groups excluding carboxylic acids is 1. The van der Waals surface area contributed by atoms with Crippen LogP contribution in [0.3, 0.4) is 0 Å². The second kappa shape index (κ2) is 8.15. The number of para-hydroxylation sites is 2. The lowest BCUT2D eigenvalue weighted by Gasteiger charge is -2.29. The van der Waals surface area contributed by atoms with Crippen molar-refractivity contribution in [2.45, 2.75) is 39.3 Å². The van der Waals surface area contributed by atoms with Crippen LogP contribution in [0.4, 0.5) is 0 Å². The van der Waals surface area contributed by atoms with Gasteiger partial charge < -0.3 is 18.9 Å². The molecule has 1 atom stereocenters. The highest BCUT2D eigenvalue weighted by Crippen LogP contribution is 2.31. The molecule has 0 radical (unpaired) electrons. The van der Waals surface area contributed by atoms with Crippen molar-refractivity contribution in [3.05, 3.63) is 53.9 Å². The van der Waals surface area contributed by atoms with E-state index in [0.717, 1.165) is 35.5 Å². The van der Waals surface area contributed by atoms with E-state index in [1.54, 1.807) is 4.90 Å². The highest BCUT2D eigenvalue weighted by atomic mass is 16.6. The minimum absolute atomic E-state index is 0.115. The zero-order valence-corrected chi connectivity index (χ0v) is 17.2. The molecule has 2 aromatic carbocycles. The Morgan fingerprint density at radius 2 is 1.97 bits per heavy atom. The number of likely N-dealkylation sites (N-methyl/N-ethyl adjacent to an activating group) is 1. The Balaban J connectivity index is 1.28. The van der Waals surface area contributed by atoms with Gasteiger partial charge in [-0.1, -0.05) is 12.1 Å². The summed E-state index contributed by atoms with van der Waals surface area (Å²) in [6.45, 7) is 5.95. The molecule has 1 amide bonds. The number of hydrogen-bond donors (Lipinski definition) is 0. The highest BCUT2D eigenvalue weighted by molar-refractivity contribution is 5.77. The fraction of sp³-hybridized carbons (Fsp3) is 0.391. The van der Waals surface area contributed by atoms with Crippen LogP contribution in [0.5, 0.6) is 11.5 Å². The first-order valence-electron chi connectivity index (χ1n) is 10.1. The number of hydrogen-bond acceptors (Lipinski definition) is 4. The predicted octanol–water partition coefficient (Wildman–Crippen LogP) is 3.73. The van der Waals surface area contributed by atoms with Gasteiger partial charge in [0.15, 0.2) is 17.6 Å². The summed E-state index contributed by atoms with van der Waals surface area (Å²) in [6, 6.07) is 11.9. The summed E-state index contributed by atoms with van der Waals surface area (Å²) in [7, 11) is 1.82. The van der Waals surface area contributed by atoms with Crippen molar-refractivity contribution >= 4 is 16.9 Å². The summed E-state index contributed by atoms with van der Waals surface area (Å²) in [6.07, 6.45) is 2.97. The topological polar surface area (TPSA) is 56.6 Å². The van der Waals surface area contributed by atoms with Crippen LogP contribution < -0.4 is 9.47 Å². The Morgan fingerprint density at radius 1 is 1.21 bits per heavy atom. The third-order valence-corrected chi connectivity index (χ3v) is 5.50. The van der Waals surface area contributed by atoms with E-state index in [9.17, 15) is 4.79 Å². The molecule has 0 bridgehead atoms. The lowest BCUT2D eigenvalue weighted by molar-refractivity contribution is -0.131. The molecule has 6 nitrogen and oxygen atoms in total. The number of imidazole rings is 1. The van der Waals surface area contributed by atoms with Crippen molar-refractivity contribution in [2.75, 3.05) is 20.2 Å². The summed E-state index contributed by atoms with van der Waals surface area (Å²) in [5.74, 6) is 1.61. The smallest absolute Gasteiger partial charge is 0.222 e. The molecular weight excluding hydrogens is 366 g/mol. The summed E-state index contributed by atoms with van der Waals surface area (Å²) in [5, 5.41) is 0. The van der Waals surface area contributed by atoms with Crippen LogP contribution >= 0.6 is 0 Å². The molecule has 0 fully saturated rings. The lowest BCUT2D eigenvalue weighted by Crippen LogP contribution is -2.41. The molecule has 1 aromatic heterocycles. The van der Waals surface area contributed by atoms with Gasteiger partial charge in [-0.2, -0.15) is 0 Å². The third kappa shape index (κ3) is 4.21. The average Bonchev–Trinajstić information content (AvgIpc) is 3.09. The standard InChI is InChI=1S/C23H27N3O3/c1-16-11-19-20(12-17(16)2)26(15-24-19)10-6-9-23(27)25(3)13-18-14-28-21-7-4-5-8-22(21)29-18/h4-5,7-8,11-12,15,18H,6,9-10,13-14H2,1-3H3/t18-/m1/s1. The number of aromatic nitrogens is 2. The number of ether oxygens (including phenoxy) is 2. The van der Waals surface area contributed by atoms with E-state index in [-0.39, 0.29) is 12.0 Å². The first-order valence-corrected chi connectivity index (χ1v) is 10.1. The fourth-order valence-corrected chi connectivity index (χ4v) is 3.64. The molecule has 0 aliphatic carbocycles. The number of amides is 1. The number of fused-ring (bicyclic) bond motifs is 2. The van der Waals surface area contributed by atoms with Gasteiger partial charge in [0.25, 0.3) is 0 Å². The lowest BCUT2D eigenvalue weighted by atomic mass is 10.1. The molecule has 0 N–H and O–H groups in total. The van der Waals surface area contributed by atoms with Gasteiger partial charge in [0.1, 0.15) is 6.61 Å². The van der Waals surface area contributed by atoms with Gasteiger partial charge in [0.2, 0.25) is 5.91 Å². The van der Waals surface area contributed by atoms with E-state index < -0.39 is 0 Å². The highest BCUT2D eigenvalue weighted by Gasteiger charge is 2.23. The zero-order chi connectivity index (χ0) is 20.4. The monoisotopic (exact) mass is 393 g/mol. The second-order valence-corrected chi connectivity index (χ2v) is 7.74. The molecule has 0 saturated carbocycles. The molecule has 152 valence electrons. The normalized spacial score (nSPS) is 15.5. The van der Waals surface area contributed by atoms with E-state index in [2.05, 4.69) is 35.5 Å². The molecule has 4 rings (SSSR count). The molecule has 2 heterocycles. The van der Waals surface area contributed by atoms with Gasteiger partial charge in [-0.3, -0.25) is 4.79 Å². The van der Waals surface area contributed by atoms with Crippen molar-refractivity contribution in [1.29, 1.82) is 0 Å². The Bertz CT molecular complexity index is 1030. The van der Waals surface area contributed by atoms with Crippen molar-refractivity contribution in [1.82, 2.24) is 14.5 Å². The van der Waals surface area contributed by atoms with Crippen molar-refractivity contribution < 1.29 is 14.3 Å². The van der Waals surface area contributed by atoms with E-state index in [0.29, 0.717) is 19.6 Å². The third-order valence-electron chi connectivity index (χ3n) is 5.50. The number of carbonyl (C=O) groups is 1. The van der Waals surface area contributed by atoms with Crippen LogP contribution in [0, 0.1) is 13.8 Å². The van der Waals surface area contributed by atoms with Gasteiger partial charge in [-0.25, -0.2) is 4.98 Å². The van der Waals surface area contributed by atoms with Gasteiger partial charge in [-0.15, -0.1) is 0 Å². The van der Waals surface area contributed by atoms with E-state index >= 15 is 0 Å². The maximum Gasteiger partial charge on any atom is 0.222 e. The summed E-state index contributed by atoms with van der Waals surface area (Å²) < 4.78 is 13.8. The molecule has 1 aliphatic heterocycles. The number of nitrogens with zero attached hydrogens (tertiary/aromatic N) is 3. The number of benzene rings is 2. The summed E-state index contributed by atoms with van der Waals surface area (Å²) >= 11 is 0. The molecule has 29 heavy (non-hydrogen) atoms. The first kappa shape index (κ1) is 19.3. The van der Waals surface area contributed by atoms with Gasteiger partial charge in [0, 0.05) is 20.0 Å². The average molecular weight is 393 g/mol. The summed E-state index contributed by atoms with van der Waals surface area (Å²) in [5.41, 5.74) is 4.63. The molecule has 1 aliphatic rings. The van der Waals surface area contributed by atoms with Gasteiger partial charge >= 0.3 is 0 Å². The number of aryl methyl sites for hydroxylation is 3. The second-order valence-electron chi connectivity index (χ2n) is 7.74. The molecule has 0 saturated heterocycles. The molecule has 6 heteroatoms. The van der Waals surface area contributed by atoms with Crippen LogP contribution in [0.2, 0.25) is 0 Å². The first-order chi connectivity index (χ1) is 14.0. The fourth-order valence-electron chi connectivity index (χ4n) is 3.64.